The van der Waals surface area contributed by atoms with Gasteiger partial charge in [-0.1, -0.05) is 12.1 Å². The summed E-state index contributed by atoms with van der Waals surface area (Å²) in [5, 5.41) is 22.4. The standard InChI is InChI=1S/C17H21NO3/c1-12-9-17(21-2)16(20)10-14(12)11-18-8-7-13-3-5-15(19)6-4-13/h3-6,9-10,18-20H,7-8,11H2,1-2H3. The van der Waals surface area contributed by atoms with Gasteiger partial charge in [0.15, 0.2) is 11.5 Å². The van der Waals surface area contributed by atoms with Gasteiger partial charge in [0, 0.05) is 6.54 Å². The number of nitrogens with one attached hydrogen (secondary N) is 1. The Hall–Kier alpha value is -2.20. The van der Waals surface area contributed by atoms with Crippen LogP contribution in [0.4, 0.5) is 0 Å². The van der Waals surface area contributed by atoms with Gasteiger partial charge >= 0.3 is 0 Å². The van der Waals surface area contributed by atoms with E-state index in [0.717, 1.165) is 24.1 Å². The number of aromatic hydroxyl groups is 2. The number of phenolic OH excluding ortho intramolecular Hbond substituents is 2. The number of hydrogen-bond acceptors (Lipinski definition) is 4. The SMILES string of the molecule is COc1cc(C)c(CNCCc2ccc(O)cc2)cc1O. The summed E-state index contributed by atoms with van der Waals surface area (Å²) in [6.07, 6.45) is 0.890. The molecule has 3 N–H and O–H groups in total. The van der Waals surface area contributed by atoms with Crippen LogP contribution in [0, 0.1) is 6.92 Å². The van der Waals surface area contributed by atoms with E-state index in [1.54, 1.807) is 25.3 Å². The van der Waals surface area contributed by atoms with Crippen molar-refractivity contribution in [3.8, 4) is 17.2 Å². The Bertz CT molecular complexity index is 594. The number of aryl methyl sites for hydroxylation is 1. The van der Waals surface area contributed by atoms with E-state index in [-0.39, 0.29) is 11.5 Å². The van der Waals surface area contributed by atoms with E-state index in [1.165, 1.54) is 5.56 Å². The molecule has 2 rings (SSSR count). The van der Waals surface area contributed by atoms with Gasteiger partial charge in [0.05, 0.1) is 7.11 Å². The molecule has 0 aromatic heterocycles. The molecular weight excluding hydrogens is 266 g/mol. The molecule has 2 aromatic rings. The third kappa shape index (κ3) is 4.13. The van der Waals surface area contributed by atoms with Crippen LogP contribution in [0.3, 0.4) is 0 Å². The zero-order valence-electron chi connectivity index (χ0n) is 12.4. The number of rotatable bonds is 6. The first-order valence-corrected chi connectivity index (χ1v) is 6.95. The Morgan fingerprint density at radius 2 is 1.81 bits per heavy atom. The molecule has 0 fully saturated rings. The molecule has 0 aliphatic rings. The molecule has 0 aliphatic carbocycles. The summed E-state index contributed by atoms with van der Waals surface area (Å²) in [5.41, 5.74) is 3.32. The first-order chi connectivity index (χ1) is 10.1. The fourth-order valence-corrected chi connectivity index (χ4v) is 2.19. The number of ether oxygens (including phenoxy) is 1. The Morgan fingerprint density at radius 3 is 2.48 bits per heavy atom. The minimum Gasteiger partial charge on any atom is -0.508 e. The van der Waals surface area contributed by atoms with Crippen molar-refractivity contribution in [2.75, 3.05) is 13.7 Å². The first kappa shape index (κ1) is 15.2. The molecule has 4 heteroatoms. The van der Waals surface area contributed by atoms with Crippen molar-refractivity contribution in [1.82, 2.24) is 5.32 Å². The van der Waals surface area contributed by atoms with E-state index in [0.29, 0.717) is 12.3 Å². The van der Waals surface area contributed by atoms with Gasteiger partial charge < -0.3 is 20.3 Å². The molecule has 0 saturated heterocycles. The van der Waals surface area contributed by atoms with Crippen molar-refractivity contribution in [2.24, 2.45) is 0 Å². The van der Waals surface area contributed by atoms with Crippen molar-refractivity contribution < 1.29 is 14.9 Å². The Kier molecular flexibility index (Phi) is 5.06. The lowest BCUT2D eigenvalue weighted by molar-refractivity contribution is 0.372. The minimum absolute atomic E-state index is 0.165. The van der Waals surface area contributed by atoms with Gasteiger partial charge in [-0.25, -0.2) is 0 Å². The Labute approximate surface area is 125 Å². The van der Waals surface area contributed by atoms with E-state index in [1.807, 2.05) is 25.1 Å². The largest absolute Gasteiger partial charge is 0.508 e. The van der Waals surface area contributed by atoms with Gasteiger partial charge in [-0.05, 0) is 60.8 Å². The van der Waals surface area contributed by atoms with Gasteiger partial charge in [-0.15, -0.1) is 0 Å². The van der Waals surface area contributed by atoms with Crippen LogP contribution in [-0.4, -0.2) is 23.9 Å². The molecule has 0 heterocycles. The fraction of sp³-hybridized carbons (Fsp3) is 0.294. The van der Waals surface area contributed by atoms with Crippen LogP contribution in [0.15, 0.2) is 36.4 Å². The summed E-state index contributed by atoms with van der Waals surface area (Å²) in [4.78, 5) is 0. The van der Waals surface area contributed by atoms with Gasteiger partial charge in [0.2, 0.25) is 0 Å². The molecule has 112 valence electrons. The smallest absolute Gasteiger partial charge is 0.160 e. The van der Waals surface area contributed by atoms with E-state index in [4.69, 9.17) is 4.74 Å². The fourth-order valence-electron chi connectivity index (χ4n) is 2.19. The second-order valence-electron chi connectivity index (χ2n) is 5.04. The lowest BCUT2D eigenvalue weighted by Crippen LogP contribution is -2.17. The lowest BCUT2D eigenvalue weighted by Gasteiger charge is -2.11. The normalized spacial score (nSPS) is 10.6. The monoisotopic (exact) mass is 287 g/mol. The van der Waals surface area contributed by atoms with Gasteiger partial charge in [0.25, 0.3) is 0 Å². The molecule has 0 atom stereocenters. The minimum atomic E-state index is 0.165. The molecule has 0 aliphatic heterocycles. The number of hydrogen-bond donors (Lipinski definition) is 3. The second-order valence-corrected chi connectivity index (χ2v) is 5.04. The number of phenols is 2. The molecular formula is C17H21NO3. The summed E-state index contributed by atoms with van der Waals surface area (Å²) < 4.78 is 5.08. The van der Waals surface area contributed by atoms with Crippen LogP contribution in [0.5, 0.6) is 17.2 Å². The Balaban J connectivity index is 1.86. The van der Waals surface area contributed by atoms with Gasteiger partial charge in [-0.2, -0.15) is 0 Å². The second kappa shape index (κ2) is 6.99. The molecule has 4 nitrogen and oxygen atoms in total. The van der Waals surface area contributed by atoms with E-state index >= 15 is 0 Å². The topological polar surface area (TPSA) is 61.7 Å². The maximum absolute atomic E-state index is 9.80. The summed E-state index contributed by atoms with van der Waals surface area (Å²) in [6.45, 7) is 3.53. The quantitative estimate of drug-likeness (QED) is 0.715. The van der Waals surface area contributed by atoms with E-state index in [2.05, 4.69) is 5.32 Å². The predicted molar refractivity (Wildman–Crippen MR) is 82.9 cm³/mol. The predicted octanol–water partition coefficient (Wildman–Crippen LogP) is 2.75. The van der Waals surface area contributed by atoms with Crippen LogP contribution in [0.25, 0.3) is 0 Å². The van der Waals surface area contributed by atoms with Crippen LogP contribution in [0.2, 0.25) is 0 Å². The molecule has 0 amide bonds. The van der Waals surface area contributed by atoms with E-state index < -0.39 is 0 Å². The molecule has 0 bridgehead atoms. The zero-order chi connectivity index (χ0) is 15.2. The average molecular weight is 287 g/mol. The molecule has 0 unspecified atom stereocenters. The van der Waals surface area contributed by atoms with Crippen LogP contribution < -0.4 is 10.1 Å². The number of methoxy groups -OCH3 is 1. The van der Waals surface area contributed by atoms with E-state index in [9.17, 15) is 10.2 Å². The highest BCUT2D eigenvalue weighted by Gasteiger charge is 2.06. The Morgan fingerprint density at radius 1 is 1.10 bits per heavy atom. The third-order valence-electron chi connectivity index (χ3n) is 3.48. The molecule has 2 aromatic carbocycles. The third-order valence-corrected chi connectivity index (χ3v) is 3.48. The molecule has 0 saturated carbocycles. The summed E-state index contributed by atoms with van der Waals surface area (Å²) in [5.74, 6) is 0.954. The highest BCUT2D eigenvalue weighted by Crippen LogP contribution is 2.28. The highest BCUT2D eigenvalue weighted by atomic mass is 16.5. The van der Waals surface area contributed by atoms with Crippen molar-refractivity contribution >= 4 is 0 Å². The number of benzene rings is 2. The van der Waals surface area contributed by atoms with Crippen molar-refractivity contribution in [1.29, 1.82) is 0 Å². The lowest BCUT2D eigenvalue weighted by atomic mass is 10.1. The maximum Gasteiger partial charge on any atom is 0.160 e. The zero-order valence-corrected chi connectivity index (χ0v) is 12.4. The van der Waals surface area contributed by atoms with Gasteiger partial charge in [0.1, 0.15) is 5.75 Å². The van der Waals surface area contributed by atoms with Crippen LogP contribution in [-0.2, 0) is 13.0 Å². The van der Waals surface area contributed by atoms with Gasteiger partial charge in [-0.3, -0.25) is 0 Å². The van der Waals surface area contributed by atoms with Crippen LogP contribution >= 0.6 is 0 Å². The van der Waals surface area contributed by atoms with Crippen molar-refractivity contribution in [3.05, 3.63) is 53.1 Å². The highest BCUT2D eigenvalue weighted by molar-refractivity contribution is 5.46. The first-order valence-electron chi connectivity index (χ1n) is 6.95. The molecule has 0 radical (unpaired) electrons. The van der Waals surface area contributed by atoms with Crippen LogP contribution in [0.1, 0.15) is 16.7 Å². The summed E-state index contributed by atoms with van der Waals surface area (Å²) in [7, 11) is 1.55. The summed E-state index contributed by atoms with van der Waals surface area (Å²) >= 11 is 0. The molecule has 21 heavy (non-hydrogen) atoms. The summed E-state index contributed by atoms with van der Waals surface area (Å²) in [6, 6.07) is 10.8. The van der Waals surface area contributed by atoms with Crippen molar-refractivity contribution in [2.45, 2.75) is 19.9 Å². The molecule has 0 spiro atoms. The van der Waals surface area contributed by atoms with Crippen molar-refractivity contribution in [3.63, 3.8) is 0 Å². The average Bonchev–Trinajstić information content (AvgIpc) is 2.48. The maximum atomic E-state index is 9.80.